The van der Waals surface area contributed by atoms with E-state index in [2.05, 4.69) is 25.8 Å². The number of hydrogen-bond donors (Lipinski definition) is 2. The molecular weight excluding hydrogens is 447 g/mol. The molecule has 0 saturated carbocycles. The van der Waals surface area contributed by atoms with E-state index in [1.54, 1.807) is 14.2 Å². The van der Waals surface area contributed by atoms with Crippen molar-refractivity contribution in [3.63, 3.8) is 0 Å². The Morgan fingerprint density at radius 3 is 2.46 bits per heavy atom. The van der Waals surface area contributed by atoms with Crippen molar-refractivity contribution >= 4 is 29.9 Å². The Morgan fingerprint density at radius 2 is 1.88 bits per heavy atom. The molecule has 0 spiro atoms. The van der Waals surface area contributed by atoms with Crippen LogP contribution in [0, 0.1) is 6.92 Å². The van der Waals surface area contributed by atoms with Gasteiger partial charge < -0.3 is 24.7 Å². The van der Waals surface area contributed by atoms with Gasteiger partial charge >= 0.3 is 0 Å². The van der Waals surface area contributed by atoms with Gasteiger partial charge in [-0.25, -0.2) is 4.99 Å². The highest BCUT2D eigenvalue weighted by molar-refractivity contribution is 14.0. The molecule has 2 N–H and O–H groups in total. The van der Waals surface area contributed by atoms with Crippen molar-refractivity contribution < 1.29 is 9.47 Å². The zero-order chi connectivity index (χ0) is 18.1. The molecule has 0 amide bonds. The molecule has 0 fully saturated rings. The van der Waals surface area contributed by atoms with E-state index in [1.807, 2.05) is 42.8 Å². The highest BCUT2D eigenvalue weighted by atomic mass is 127. The lowest BCUT2D eigenvalue weighted by molar-refractivity contribution is 0.203. The molecule has 9 heteroatoms. The van der Waals surface area contributed by atoms with Crippen LogP contribution in [0.25, 0.3) is 0 Å². The number of hydrogen-bond acceptors (Lipinski definition) is 5. The fourth-order valence-corrected chi connectivity index (χ4v) is 2.11. The maximum absolute atomic E-state index is 5.17. The number of rotatable bonds is 8. The van der Waals surface area contributed by atoms with Crippen molar-refractivity contribution in [3.8, 4) is 5.75 Å². The maximum Gasteiger partial charge on any atom is 0.192 e. The number of aromatic nitrogens is 3. The lowest BCUT2D eigenvalue weighted by atomic mass is 10.2. The summed E-state index contributed by atoms with van der Waals surface area (Å²) >= 11 is 0. The molecule has 2 rings (SSSR count). The van der Waals surface area contributed by atoms with Crippen LogP contribution in [-0.2, 0) is 24.9 Å². The zero-order valence-electron chi connectivity index (χ0n) is 15.7. The van der Waals surface area contributed by atoms with Gasteiger partial charge in [-0.05, 0) is 24.6 Å². The molecule has 144 valence electrons. The summed E-state index contributed by atoms with van der Waals surface area (Å²) in [6, 6.07) is 7.86. The van der Waals surface area contributed by atoms with Crippen LogP contribution in [0.1, 0.15) is 17.2 Å². The molecule has 1 aromatic heterocycles. The third-order valence-corrected chi connectivity index (χ3v) is 3.77. The van der Waals surface area contributed by atoms with Crippen molar-refractivity contribution in [1.82, 2.24) is 25.4 Å². The molecule has 1 aromatic carbocycles. The molecule has 8 nitrogen and oxygen atoms in total. The van der Waals surface area contributed by atoms with Crippen molar-refractivity contribution in [2.75, 3.05) is 27.4 Å². The minimum Gasteiger partial charge on any atom is -0.497 e. The van der Waals surface area contributed by atoms with Gasteiger partial charge in [0.2, 0.25) is 0 Å². The largest absolute Gasteiger partial charge is 0.497 e. The smallest absolute Gasteiger partial charge is 0.192 e. The molecule has 0 saturated heterocycles. The van der Waals surface area contributed by atoms with Crippen LogP contribution >= 0.6 is 24.0 Å². The molecule has 0 aliphatic heterocycles. The van der Waals surface area contributed by atoms with Gasteiger partial charge in [0.15, 0.2) is 11.8 Å². The molecule has 0 atom stereocenters. The predicted octanol–water partition coefficient (Wildman–Crippen LogP) is 1.63. The molecule has 1 heterocycles. The summed E-state index contributed by atoms with van der Waals surface area (Å²) in [6.07, 6.45) is 0. The van der Waals surface area contributed by atoms with E-state index in [4.69, 9.17) is 9.47 Å². The first kappa shape index (κ1) is 22.2. The Hall–Kier alpha value is -1.88. The van der Waals surface area contributed by atoms with E-state index < -0.39 is 0 Å². The molecule has 2 aromatic rings. The number of benzene rings is 1. The second-order valence-electron chi connectivity index (χ2n) is 5.51. The first-order valence-corrected chi connectivity index (χ1v) is 8.13. The van der Waals surface area contributed by atoms with Gasteiger partial charge in [-0.15, -0.1) is 34.2 Å². The minimum absolute atomic E-state index is 0. The quantitative estimate of drug-likeness (QED) is 0.262. The molecule has 0 aliphatic rings. The average molecular weight is 474 g/mol. The minimum atomic E-state index is 0. The number of ether oxygens (including phenoxy) is 2. The SMILES string of the molecule is COCCNC(=NCc1ccc(OC)cc1)NCc1nnc(C)n1C.I. The van der Waals surface area contributed by atoms with E-state index in [9.17, 15) is 0 Å². The predicted molar refractivity (Wildman–Crippen MR) is 112 cm³/mol. The second kappa shape index (κ2) is 11.7. The van der Waals surface area contributed by atoms with Gasteiger partial charge in [-0.1, -0.05) is 12.1 Å². The van der Waals surface area contributed by atoms with Crippen LogP contribution in [0.15, 0.2) is 29.3 Å². The van der Waals surface area contributed by atoms with Gasteiger partial charge in [0.1, 0.15) is 11.6 Å². The van der Waals surface area contributed by atoms with Crippen molar-refractivity contribution in [3.05, 3.63) is 41.5 Å². The van der Waals surface area contributed by atoms with Crippen LogP contribution in [0.5, 0.6) is 5.75 Å². The Balaban J connectivity index is 0.00000338. The van der Waals surface area contributed by atoms with Crippen molar-refractivity contribution in [1.29, 1.82) is 0 Å². The van der Waals surface area contributed by atoms with Crippen LogP contribution in [0.3, 0.4) is 0 Å². The number of nitrogens with one attached hydrogen (secondary N) is 2. The number of aliphatic imine (C=N–C) groups is 1. The number of halogens is 1. The van der Waals surface area contributed by atoms with Gasteiger partial charge in [0, 0.05) is 20.7 Å². The summed E-state index contributed by atoms with van der Waals surface area (Å²) < 4.78 is 12.2. The summed E-state index contributed by atoms with van der Waals surface area (Å²) in [5.41, 5.74) is 1.10. The highest BCUT2D eigenvalue weighted by Crippen LogP contribution is 2.11. The normalized spacial score (nSPS) is 11.0. The van der Waals surface area contributed by atoms with Crippen LogP contribution in [0.2, 0.25) is 0 Å². The molecule has 0 radical (unpaired) electrons. The fraction of sp³-hybridized carbons (Fsp3) is 0.471. The Morgan fingerprint density at radius 1 is 1.15 bits per heavy atom. The summed E-state index contributed by atoms with van der Waals surface area (Å²) in [7, 11) is 5.27. The number of aryl methyl sites for hydroxylation is 1. The summed E-state index contributed by atoms with van der Waals surface area (Å²) in [5.74, 6) is 3.26. The van der Waals surface area contributed by atoms with Gasteiger partial charge in [-0.3, -0.25) is 0 Å². The fourth-order valence-electron chi connectivity index (χ4n) is 2.11. The summed E-state index contributed by atoms with van der Waals surface area (Å²) in [6.45, 7) is 4.30. The first-order valence-electron chi connectivity index (χ1n) is 8.13. The molecule has 0 unspecified atom stereocenters. The average Bonchev–Trinajstić information content (AvgIpc) is 2.96. The van der Waals surface area contributed by atoms with Crippen molar-refractivity contribution in [2.45, 2.75) is 20.0 Å². The number of guanidine groups is 1. The second-order valence-corrected chi connectivity index (χ2v) is 5.51. The Labute approximate surface area is 171 Å². The van der Waals surface area contributed by atoms with E-state index in [0.717, 1.165) is 23.0 Å². The Bertz CT molecular complexity index is 687. The van der Waals surface area contributed by atoms with Gasteiger partial charge in [0.25, 0.3) is 0 Å². The van der Waals surface area contributed by atoms with E-state index in [-0.39, 0.29) is 24.0 Å². The Kier molecular flexibility index (Phi) is 9.96. The number of methoxy groups -OCH3 is 2. The lowest BCUT2D eigenvalue weighted by Gasteiger charge is -2.12. The lowest BCUT2D eigenvalue weighted by Crippen LogP contribution is -2.39. The molecular formula is C17H27IN6O2. The van der Waals surface area contributed by atoms with Crippen LogP contribution in [-0.4, -0.2) is 48.1 Å². The standard InChI is InChI=1S/C17H26N6O2.HI/c1-13-21-22-16(23(13)2)12-20-17(18-9-10-24-3)19-11-14-5-7-15(25-4)8-6-14;/h5-8H,9-12H2,1-4H3,(H2,18,19,20);1H. The molecule has 26 heavy (non-hydrogen) atoms. The summed E-state index contributed by atoms with van der Waals surface area (Å²) in [4.78, 5) is 4.61. The van der Waals surface area contributed by atoms with Crippen LogP contribution < -0.4 is 15.4 Å². The van der Waals surface area contributed by atoms with E-state index in [0.29, 0.717) is 32.2 Å². The monoisotopic (exact) mass is 474 g/mol. The van der Waals surface area contributed by atoms with Gasteiger partial charge in [-0.2, -0.15) is 0 Å². The summed E-state index contributed by atoms with van der Waals surface area (Å²) in [5, 5.41) is 14.7. The zero-order valence-corrected chi connectivity index (χ0v) is 18.0. The third-order valence-electron chi connectivity index (χ3n) is 3.77. The van der Waals surface area contributed by atoms with Crippen molar-refractivity contribution in [2.24, 2.45) is 12.0 Å². The van der Waals surface area contributed by atoms with E-state index >= 15 is 0 Å². The maximum atomic E-state index is 5.17. The van der Waals surface area contributed by atoms with E-state index in [1.165, 1.54) is 0 Å². The van der Waals surface area contributed by atoms with Gasteiger partial charge in [0.05, 0.1) is 26.8 Å². The topological polar surface area (TPSA) is 85.6 Å². The number of nitrogens with zero attached hydrogens (tertiary/aromatic N) is 4. The first-order chi connectivity index (χ1) is 12.1. The molecule has 0 bridgehead atoms. The third kappa shape index (κ3) is 6.79. The van der Waals surface area contributed by atoms with Crippen LogP contribution in [0.4, 0.5) is 0 Å². The highest BCUT2D eigenvalue weighted by Gasteiger charge is 2.06. The molecule has 0 aliphatic carbocycles.